The number of nitrogens with one attached hydrogen (secondary N) is 2. The molecule has 0 aliphatic carbocycles. The number of hydrogen-bond donors (Lipinski definition) is 6. The molecule has 2 unspecified atom stereocenters. The Morgan fingerprint density at radius 2 is 0.953 bits per heavy atom. The van der Waals surface area contributed by atoms with Crippen LogP contribution in [-0.4, -0.2) is 74.3 Å². The van der Waals surface area contributed by atoms with Crippen molar-refractivity contribution in [1.82, 2.24) is 10.3 Å². The maximum Gasteiger partial charge on any atom is 0.294 e. The third kappa shape index (κ3) is 8.37. The lowest BCUT2D eigenvalue weighted by Crippen LogP contribution is -2.16. The van der Waals surface area contributed by atoms with Crippen molar-refractivity contribution >= 4 is 68.6 Å². The van der Waals surface area contributed by atoms with E-state index in [1.165, 1.54) is 48.5 Å². The maximum atomic E-state index is 12.0. The molecule has 1 fully saturated rings. The molecule has 4 aliphatic heterocycles. The third-order valence-corrected chi connectivity index (χ3v) is 15.0. The first-order valence-corrected chi connectivity index (χ1v) is 25.3. The Bertz CT molecular complexity index is 3420. The van der Waals surface area contributed by atoms with Gasteiger partial charge in [-0.25, -0.2) is 0 Å². The van der Waals surface area contributed by atoms with Gasteiger partial charge in [0.25, 0.3) is 40.5 Å². The molecule has 328 valence electrons. The highest BCUT2D eigenvalue weighted by Crippen LogP contribution is 2.42. The average molecular weight is 941 g/mol. The Balaban J connectivity index is 1.31. The second-order valence-electron chi connectivity index (χ2n) is 15.4. The van der Waals surface area contributed by atoms with Gasteiger partial charge in [0.15, 0.2) is 0 Å². The summed E-state index contributed by atoms with van der Waals surface area (Å²) < 4.78 is 135. The van der Waals surface area contributed by atoms with E-state index in [4.69, 9.17) is 9.98 Å². The monoisotopic (exact) mass is 940 g/mol. The average Bonchev–Trinajstić information content (AvgIpc) is 4.08. The predicted octanol–water partition coefficient (Wildman–Crippen LogP) is 6.73. The highest BCUT2D eigenvalue weighted by molar-refractivity contribution is 7.86. The van der Waals surface area contributed by atoms with Gasteiger partial charge in [-0.05, 0) is 115 Å². The molecule has 0 saturated carbocycles. The van der Waals surface area contributed by atoms with E-state index >= 15 is 0 Å². The molecule has 4 aromatic carbocycles. The minimum absolute atomic E-state index is 0.300. The van der Waals surface area contributed by atoms with Crippen LogP contribution in [0.25, 0.3) is 16.7 Å². The summed E-state index contributed by atoms with van der Waals surface area (Å²) in [5, 5.41) is 3.61. The van der Waals surface area contributed by atoms with E-state index in [0.29, 0.717) is 93.2 Å². The third-order valence-electron chi connectivity index (χ3n) is 11.5. The number of benzene rings is 4. The number of H-pyrrole nitrogens is 1. The highest BCUT2D eigenvalue weighted by Gasteiger charge is 2.33. The van der Waals surface area contributed by atoms with Crippen LogP contribution < -0.4 is 5.32 Å². The summed E-state index contributed by atoms with van der Waals surface area (Å²) >= 11 is 0. The van der Waals surface area contributed by atoms with E-state index in [2.05, 4.69) is 10.3 Å². The minimum Gasteiger partial charge on any atom is -0.361 e. The number of allylic oxidation sites excluding steroid dienone is 6. The summed E-state index contributed by atoms with van der Waals surface area (Å²) in [5.41, 5.74) is 8.73. The van der Waals surface area contributed by atoms with Crippen molar-refractivity contribution in [2.24, 2.45) is 9.98 Å². The minimum atomic E-state index is -4.52. The first-order valence-electron chi connectivity index (χ1n) is 19.5. The molecule has 4 aliphatic rings. The van der Waals surface area contributed by atoms with Gasteiger partial charge in [-0.1, -0.05) is 54.6 Å². The summed E-state index contributed by atoms with van der Waals surface area (Å²) in [4.78, 5) is 12.8. The van der Waals surface area contributed by atoms with Crippen LogP contribution in [0.2, 0.25) is 0 Å². The first kappa shape index (κ1) is 43.2. The predicted molar refractivity (Wildman–Crippen MR) is 237 cm³/mol. The van der Waals surface area contributed by atoms with Crippen molar-refractivity contribution in [1.29, 1.82) is 0 Å². The van der Waals surface area contributed by atoms with Crippen molar-refractivity contribution in [2.45, 2.75) is 57.2 Å². The molecule has 6 N–H and O–H groups in total. The van der Waals surface area contributed by atoms with Gasteiger partial charge in [-0.3, -0.25) is 28.2 Å². The van der Waals surface area contributed by atoms with Crippen LogP contribution in [0.4, 0.5) is 0 Å². The quantitative estimate of drug-likeness (QED) is 0.0883. The van der Waals surface area contributed by atoms with E-state index in [1.807, 2.05) is 24.3 Å². The molecule has 1 saturated heterocycles. The van der Waals surface area contributed by atoms with Gasteiger partial charge in [0.05, 0.1) is 48.7 Å². The molecular formula is C44H36N4O12S4. The number of fused-ring (bicyclic) bond motifs is 6. The van der Waals surface area contributed by atoms with Gasteiger partial charge in [0, 0.05) is 39.5 Å². The van der Waals surface area contributed by atoms with Crippen LogP contribution in [0, 0.1) is 0 Å². The Hall–Kier alpha value is -6.10. The van der Waals surface area contributed by atoms with Crippen molar-refractivity contribution in [2.75, 3.05) is 0 Å². The Morgan fingerprint density at radius 1 is 0.500 bits per heavy atom. The van der Waals surface area contributed by atoms with E-state index in [0.717, 1.165) is 11.4 Å². The van der Waals surface area contributed by atoms with E-state index in [9.17, 15) is 51.9 Å². The van der Waals surface area contributed by atoms with Gasteiger partial charge in [0.1, 0.15) is 0 Å². The maximum absolute atomic E-state index is 12.0. The fourth-order valence-electron chi connectivity index (χ4n) is 8.57. The molecule has 2 atom stereocenters. The summed E-state index contributed by atoms with van der Waals surface area (Å²) in [6, 6.07) is 26.0. The summed E-state index contributed by atoms with van der Waals surface area (Å²) in [6.07, 6.45) is 5.41. The Morgan fingerprint density at radius 3 is 1.45 bits per heavy atom. The molecule has 8 bridgehead atoms. The van der Waals surface area contributed by atoms with Gasteiger partial charge >= 0.3 is 0 Å². The van der Waals surface area contributed by atoms with Crippen LogP contribution in [0.5, 0.6) is 0 Å². The number of aliphatic imine (C=N–C) groups is 2. The molecule has 5 heterocycles. The Kier molecular flexibility index (Phi) is 10.7. The highest BCUT2D eigenvalue weighted by atomic mass is 32.2. The van der Waals surface area contributed by atoms with Gasteiger partial charge in [-0.15, -0.1) is 0 Å². The van der Waals surface area contributed by atoms with Crippen LogP contribution in [-0.2, 0) is 40.5 Å². The normalized spacial score (nSPS) is 21.5. The van der Waals surface area contributed by atoms with Crippen LogP contribution in [0.3, 0.4) is 0 Å². The fourth-order valence-corrected chi connectivity index (χ4v) is 10.5. The van der Waals surface area contributed by atoms with Crippen molar-refractivity contribution in [3.05, 3.63) is 172 Å². The lowest BCUT2D eigenvalue weighted by Gasteiger charge is -2.21. The zero-order valence-electron chi connectivity index (χ0n) is 33.1. The molecule has 16 nitrogen and oxygen atoms in total. The summed E-state index contributed by atoms with van der Waals surface area (Å²) in [5.74, 6) is -0.584. The van der Waals surface area contributed by atoms with Crippen molar-refractivity contribution in [3.8, 4) is 0 Å². The second kappa shape index (κ2) is 15.9. The zero-order chi connectivity index (χ0) is 45.3. The van der Waals surface area contributed by atoms with Crippen LogP contribution in [0.1, 0.15) is 65.2 Å². The molecule has 9 rings (SSSR count). The van der Waals surface area contributed by atoms with Crippen molar-refractivity contribution in [3.63, 3.8) is 0 Å². The number of nitrogens with zero attached hydrogens (tertiary/aromatic N) is 2. The van der Waals surface area contributed by atoms with Gasteiger partial charge in [0.2, 0.25) is 0 Å². The standard InChI is InChI=1S/C44H36N4O12S4/c49-61(50,51)29-9-1-25(2-10-29)41-33-17-19-35(45-33)42(26-3-11-30(12-4-26)62(52,53)54)37-21-23-39(47-37)44(28-7-15-32(16-8-28)64(58,59)60)40-24-22-38(48-40)43(36-20-18-34(41)46-36)27-5-13-31(14-6-27)63(55,56)57/h1-20,33,41,46,48H,21-24H2,(H,49,50,51)(H,52,53,54)(H,55,56,57)(H,58,59,60)/b42-37-,43-38-,44-40?. The molecule has 0 spiro atoms. The lowest BCUT2D eigenvalue weighted by molar-refractivity contribution is 0.481. The second-order valence-corrected chi connectivity index (χ2v) is 21.1. The van der Waals surface area contributed by atoms with Crippen LogP contribution in [0.15, 0.2) is 168 Å². The number of aromatic amines is 1. The van der Waals surface area contributed by atoms with E-state index < -0.39 is 52.4 Å². The molecule has 64 heavy (non-hydrogen) atoms. The van der Waals surface area contributed by atoms with Gasteiger partial charge < -0.3 is 10.3 Å². The molecule has 0 radical (unpaired) electrons. The van der Waals surface area contributed by atoms with Crippen molar-refractivity contribution < 1.29 is 51.9 Å². The first-order chi connectivity index (χ1) is 30.2. The number of aromatic nitrogens is 1. The lowest BCUT2D eigenvalue weighted by atomic mass is 9.89. The number of hydrogen-bond acceptors (Lipinski definition) is 11. The molecule has 1 aromatic heterocycles. The van der Waals surface area contributed by atoms with E-state index in [1.54, 1.807) is 48.5 Å². The van der Waals surface area contributed by atoms with Gasteiger partial charge in [-0.2, -0.15) is 33.7 Å². The fraction of sp³-hybridized carbons (Fsp3) is 0.136. The topological polar surface area (TPSA) is 270 Å². The summed E-state index contributed by atoms with van der Waals surface area (Å²) in [6.45, 7) is 0. The van der Waals surface area contributed by atoms with Crippen LogP contribution >= 0.6 is 0 Å². The molecule has 5 aromatic rings. The molecular weight excluding hydrogens is 905 g/mol. The smallest absolute Gasteiger partial charge is 0.294 e. The summed E-state index contributed by atoms with van der Waals surface area (Å²) in [7, 11) is -18.1. The van der Waals surface area contributed by atoms with E-state index in [-0.39, 0.29) is 19.6 Å². The zero-order valence-corrected chi connectivity index (χ0v) is 36.4. The molecule has 0 amide bonds. The number of rotatable bonds is 8. The Labute approximate surface area is 368 Å². The SMILES string of the molecule is O=S(=O)(O)c1ccc(C2=C3CC/C(=C(\c4ccc(S(=O)(=O)O)cc4)c4ccc([nH]4)C(c4ccc(S(=O)(=O)O)cc4)C4C=CC(=N4)/C(c4ccc(S(=O)(=O)O)cc4)=C4/CCC2=N4)N3)cc1. The molecule has 20 heteroatoms. The largest absolute Gasteiger partial charge is 0.361 e.